The van der Waals surface area contributed by atoms with Gasteiger partial charge in [0.05, 0.1) is 17.6 Å². The van der Waals surface area contributed by atoms with E-state index in [9.17, 15) is 19.1 Å². The molecule has 1 fully saturated rings. The molecule has 184 valence electrons. The van der Waals surface area contributed by atoms with E-state index in [0.717, 1.165) is 31.0 Å². The van der Waals surface area contributed by atoms with E-state index in [4.69, 9.17) is 22.3 Å². The fourth-order valence-electron chi connectivity index (χ4n) is 4.69. The van der Waals surface area contributed by atoms with Crippen molar-refractivity contribution in [2.45, 2.75) is 25.4 Å². The first-order chi connectivity index (χ1) is 16.3. The first-order valence-electron chi connectivity index (χ1n) is 11.0. The van der Waals surface area contributed by atoms with Crippen LogP contribution in [0, 0.1) is 5.82 Å². The van der Waals surface area contributed by atoms with Gasteiger partial charge in [-0.1, -0.05) is 29.8 Å². The summed E-state index contributed by atoms with van der Waals surface area (Å²) in [6.45, 7) is 1.57. The molecule has 0 spiro atoms. The molecule has 1 aliphatic heterocycles. The maximum absolute atomic E-state index is 14.7. The molecule has 11 heteroatoms. The van der Waals surface area contributed by atoms with Gasteiger partial charge in [0, 0.05) is 36.6 Å². The zero-order valence-corrected chi connectivity index (χ0v) is 20.4. The Balaban J connectivity index is 0.00000289. The lowest BCUT2D eigenvalue weighted by Crippen LogP contribution is -2.44. The molecular weight excluding hydrogens is 496 g/mol. The number of halogens is 3. The zero-order valence-electron chi connectivity index (χ0n) is 18.9. The maximum Gasteiger partial charge on any atom is 0.338 e. The number of nitrogens with two attached hydrogens (primary N) is 1. The van der Waals surface area contributed by atoms with Crippen LogP contribution < -0.4 is 16.2 Å². The van der Waals surface area contributed by atoms with Crippen molar-refractivity contribution in [1.82, 2.24) is 14.1 Å². The number of aromatic carboxylic acids is 1. The van der Waals surface area contributed by atoms with Crippen LogP contribution in [0.5, 0.6) is 0 Å². The minimum Gasteiger partial charge on any atom is -0.478 e. The first-order valence-corrected chi connectivity index (χ1v) is 11.3. The number of piperidine rings is 1. The van der Waals surface area contributed by atoms with E-state index in [1.807, 2.05) is 23.1 Å². The average Bonchev–Trinajstić information content (AvgIpc) is 3.18. The average molecular weight is 520 g/mol. The molecule has 35 heavy (non-hydrogen) atoms. The number of anilines is 1. The van der Waals surface area contributed by atoms with E-state index in [2.05, 4.69) is 0 Å². The zero-order chi connectivity index (χ0) is 24.1. The number of carbonyl (C=O) groups is 1. The summed E-state index contributed by atoms with van der Waals surface area (Å²) in [5.41, 5.74) is 7.07. The van der Waals surface area contributed by atoms with Crippen molar-refractivity contribution in [3.63, 3.8) is 0 Å². The highest BCUT2D eigenvalue weighted by Gasteiger charge is 2.27. The number of fused-ring (bicyclic) bond motifs is 3. The molecule has 0 aliphatic carbocycles. The monoisotopic (exact) mass is 519 g/mol. The Bertz CT molecular complexity index is 1520. The van der Waals surface area contributed by atoms with Gasteiger partial charge in [-0.2, -0.15) is 0 Å². The molecule has 8 nitrogen and oxygen atoms in total. The Hall–Kier alpha value is -3.14. The Morgan fingerprint density at radius 2 is 2.06 bits per heavy atom. The van der Waals surface area contributed by atoms with Crippen LogP contribution in [0.1, 0.15) is 28.8 Å². The number of nitrogens with zero attached hydrogens (tertiary/aromatic N) is 4. The van der Waals surface area contributed by atoms with Gasteiger partial charge < -0.3 is 24.9 Å². The summed E-state index contributed by atoms with van der Waals surface area (Å²) < 4.78 is 17.8. The van der Waals surface area contributed by atoms with Crippen LogP contribution in [-0.2, 0) is 13.6 Å². The highest BCUT2D eigenvalue weighted by atomic mass is 35.5. The standard InChI is InChI=1S/C24H23ClFN5O3.ClH/c1-29-19-10-15(23(33)34)18(26)9-16(19)20-21(22(29)32)31(11-13-5-2-3-7-17(13)25)24(28-20)30-8-4-6-14(27)12-30;/h2-3,5,7,9-10,14H,4,6,8,11-12,27H2,1H3,(H,33,34);1H/t14-;/m1./s1. The molecule has 2 aromatic heterocycles. The van der Waals surface area contributed by atoms with Gasteiger partial charge in [-0.05, 0) is 36.6 Å². The van der Waals surface area contributed by atoms with Crippen molar-refractivity contribution in [2.24, 2.45) is 12.8 Å². The number of hydrogen-bond donors (Lipinski definition) is 2. The Kier molecular flexibility index (Phi) is 6.77. The van der Waals surface area contributed by atoms with Crippen molar-refractivity contribution in [3.8, 4) is 0 Å². The van der Waals surface area contributed by atoms with Crippen LogP contribution in [0.15, 0.2) is 41.2 Å². The summed E-state index contributed by atoms with van der Waals surface area (Å²) in [6, 6.07) is 9.64. The van der Waals surface area contributed by atoms with Gasteiger partial charge >= 0.3 is 5.97 Å². The highest BCUT2D eigenvalue weighted by Crippen LogP contribution is 2.31. The number of hydrogen-bond acceptors (Lipinski definition) is 5. The molecule has 3 N–H and O–H groups in total. The maximum atomic E-state index is 14.7. The molecule has 2 aromatic carbocycles. The van der Waals surface area contributed by atoms with Gasteiger partial charge in [-0.25, -0.2) is 14.2 Å². The summed E-state index contributed by atoms with van der Waals surface area (Å²) in [5, 5.41) is 10.3. The fraction of sp³-hybridized carbons (Fsp3) is 0.292. The molecule has 1 atom stereocenters. The molecule has 0 bridgehead atoms. The Labute approximate surface area is 211 Å². The van der Waals surface area contributed by atoms with Gasteiger partial charge in [0.15, 0.2) is 0 Å². The number of aromatic nitrogens is 3. The van der Waals surface area contributed by atoms with Crippen molar-refractivity contribution in [3.05, 3.63) is 68.7 Å². The third kappa shape index (κ3) is 4.24. The smallest absolute Gasteiger partial charge is 0.338 e. The number of benzene rings is 2. The molecule has 0 saturated carbocycles. The van der Waals surface area contributed by atoms with Crippen LogP contribution in [0.3, 0.4) is 0 Å². The Morgan fingerprint density at radius 1 is 1.31 bits per heavy atom. The van der Waals surface area contributed by atoms with E-state index in [0.29, 0.717) is 39.5 Å². The second kappa shape index (κ2) is 9.49. The van der Waals surface area contributed by atoms with Crippen LogP contribution >= 0.6 is 24.0 Å². The van der Waals surface area contributed by atoms with E-state index in [1.165, 1.54) is 17.7 Å². The molecular formula is C24H24Cl2FN5O3. The van der Waals surface area contributed by atoms with Crippen molar-refractivity contribution < 1.29 is 14.3 Å². The topological polar surface area (TPSA) is 106 Å². The van der Waals surface area contributed by atoms with E-state index >= 15 is 0 Å². The van der Waals surface area contributed by atoms with Gasteiger partial charge in [-0.15, -0.1) is 12.4 Å². The number of imidazole rings is 1. The van der Waals surface area contributed by atoms with Gasteiger partial charge in [-0.3, -0.25) is 4.79 Å². The van der Waals surface area contributed by atoms with Gasteiger partial charge in [0.1, 0.15) is 16.9 Å². The highest BCUT2D eigenvalue weighted by molar-refractivity contribution is 6.31. The summed E-state index contributed by atoms with van der Waals surface area (Å²) in [4.78, 5) is 31.9. The van der Waals surface area contributed by atoms with Crippen LogP contribution in [-0.4, -0.2) is 44.3 Å². The van der Waals surface area contributed by atoms with Crippen LogP contribution in [0.4, 0.5) is 10.3 Å². The molecule has 4 aromatic rings. The molecule has 3 heterocycles. The largest absolute Gasteiger partial charge is 0.478 e. The minimum atomic E-state index is -1.40. The fourth-order valence-corrected chi connectivity index (χ4v) is 4.88. The molecule has 0 radical (unpaired) electrons. The first kappa shape index (κ1) is 25.0. The number of aryl methyl sites for hydroxylation is 1. The summed E-state index contributed by atoms with van der Waals surface area (Å²) in [6.07, 6.45) is 1.78. The number of carboxylic acid groups (broad SMARTS) is 1. The molecule has 1 saturated heterocycles. The third-order valence-corrected chi connectivity index (χ3v) is 6.78. The van der Waals surface area contributed by atoms with Gasteiger partial charge in [0.25, 0.3) is 5.56 Å². The van der Waals surface area contributed by atoms with E-state index in [1.54, 1.807) is 10.6 Å². The lowest BCUT2D eigenvalue weighted by atomic mass is 10.1. The summed E-state index contributed by atoms with van der Waals surface area (Å²) in [5.74, 6) is -1.74. The third-order valence-electron chi connectivity index (χ3n) is 6.41. The van der Waals surface area contributed by atoms with Crippen molar-refractivity contribution >= 4 is 57.9 Å². The number of carboxylic acids is 1. The summed E-state index contributed by atoms with van der Waals surface area (Å²) >= 11 is 6.43. The van der Waals surface area contributed by atoms with Crippen molar-refractivity contribution in [1.29, 1.82) is 0 Å². The Morgan fingerprint density at radius 3 is 2.74 bits per heavy atom. The second-order valence-corrected chi connectivity index (χ2v) is 9.06. The lowest BCUT2D eigenvalue weighted by molar-refractivity contribution is 0.0692. The second-order valence-electron chi connectivity index (χ2n) is 8.65. The predicted molar refractivity (Wildman–Crippen MR) is 137 cm³/mol. The molecule has 0 unspecified atom stereocenters. The molecule has 0 amide bonds. The van der Waals surface area contributed by atoms with Crippen molar-refractivity contribution in [2.75, 3.05) is 18.0 Å². The number of rotatable bonds is 4. The molecule has 1 aliphatic rings. The normalized spacial score (nSPS) is 16.0. The molecule has 5 rings (SSSR count). The van der Waals surface area contributed by atoms with Crippen LogP contribution in [0.2, 0.25) is 5.02 Å². The van der Waals surface area contributed by atoms with E-state index < -0.39 is 17.3 Å². The quantitative estimate of drug-likeness (QED) is 0.425. The minimum absolute atomic E-state index is 0. The van der Waals surface area contributed by atoms with E-state index in [-0.39, 0.29) is 30.6 Å². The van der Waals surface area contributed by atoms with Crippen LogP contribution in [0.25, 0.3) is 21.9 Å². The SMILES string of the molecule is Cl.Cn1c(=O)c2c(nc(N3CCC[C@@H](N)C3)n2Cc2ccccc2Cl)c2cc(F)c(C(=O)O)cc21. The van der Waals surface area contributed by atoms with Gasteiger partial charge in [0.2, 0.25) is 5.95 Å². The lowest BCUT2D eigenvalue weighted by Gasteiger charge is -2.32. The predicted octanol–water partition coefficient (Wildman–Crippen LogP) is 3.78. The number of pyridine rings is 1. The summed E-state index contributed by atoms with van der Waals surface area (Å²) in [7, 11) is 1.54.